The summed E-state index contributed by atoms with van der Waals surface area (Å²) in [6.07, 6.45) is 7.29. The minimum atomic E-state index is 0.501. The average Bonchev–Trinajstić information content (AvgIpc) is 2.82. The van der Waals surface area contributed by atoms with Crippen LogP contribution in [0.25, 0.3) is 0 Å². The van der Waals surface area contributed by atoms with Crippen molar-refractivity contribution in [3.63, 3.8) is 0 Å². The van der Waals surface area contributed by atoms with E-state index in [9.17, 15) is 0 Å². The summed E-state index contributed by atoms with van der Waals surface area (Å²) < 4.78 is 2.99. The number of halogens is 1. The van der Waals surface area contributed by atoms with Crippen LogP contribution in [-0.2, 0) is 19.9 Å². The molecular formula is C15H20BrN3. The van der Waals surface area contributed by atoms with Gasteiger partial charge in [-0.3, -0.25) is 4.68 Å². The Morgan fingerprint density at radius 2 is 2.00 bits per heavy atom. The first-order valence-corrected chi connectivity index (χ1v) is 7.36. The van der Waals surface area contributed by atoms with Gasteiger partial charge in [-0.1, -0.05) is 28.1 Å². The summed E-state index contributed by atoms with van der Waals surface area (Å²) in [5, 5.41) is 7.61. The summed E-state index contributed by atoms with van der Waals surface area (Å²) in [6, 6.07) is 9.06. The standard InChI is InChI=1S/C15H20BrN3/c1-17-15(8-5-13-10-18-19(2)11-13)9-12-3-6-14(16)7-4-12/h3-4,6-7,10-11,15,17H,5,8-9H2,1-2H3. The lowest BCUT2D eigenvalue weighted by atomic mass is 10.0. The summed E-state index contributed by atoms with van der Waals surface area (Å²) in [5.41, 5.74) is 2.67. The molecule has 0 fully saturated rings. The van der Waals surface area contributed by atoms with E-state index in [4.69, 9.17) is 0 Å². The minimum Gasteiger partial charge on any atom is -0.317 e. The molecular weight excluding hydrogens is 302 g/mol. The van der Waals surface area contributed by atoms with Crippen LogP contribution in [0.3, 0.4) is 0 Å². The Balaban J connectivity index is 1.87. The number of nitrogens with one attached hydrogen (secondary N) is 1. The Bertz CT molecular complexity index is 504. The van der Waals surface area contributed by atoms with Crippen molar-refractivity contribution in [2.24, 2.45) is 7.05 Å². The number of hydrogen-bond acceptors (Lipinski definition) is 2. The fourth-order valence-electron chi connectivity index (χ4n) is 2.20. The molecule has 1 atom stereocenters. The molecule has 0 amide bonds. The van der Waals surface area contributed by atoms with Gasteiger partial charge in [0.05, 0.1) is 6.20 Å². The van der Waals surface area contributed by atoms with Crippen LogP contribution in [0.4, 0.5) is 0 Å². The molecule has 0 aliphatic carbocycles. The first-order chi connectivity index (χ1) is 9.17. The van der Waals surface area contributed by atoms with Gasteiger partial charge >= 0.3 is 0 Å². The summed E-state index contributed by atoms with van der Waals surface area (Å²) in [6.45, 7) is 0. The Hall–Kier alpha value is -1.13. The molecule has 1 heterocycles. The average molecular weight is 322 g/mol. The largest absolute Gasteiger partial charge is 0.317 e. The van der Waals surface area contributed by atoms with Crippen LogP contribution < -0.4 is 5.32 Å². The fraction of sp³-hybridized carbons (Fsp3) is 0.400. The third-order valence-corrected chi connectivity index (χ3v) is 3.87. The van der Waals surface area contributed by atoms with Crippen molar-refractivity contribution in [3.8, 4) is 0 Å². The van der Waals surface area contributed by atoms with Crippen molar-refractivity contribution in [1.29, 1.82) is 0 Å². The molecule has 4 heteroatoms. The van der Waals surface area contributed by atoms with Crippen LogP contribution in [0.2, 0.25) is 0 Å². The molecule has 3 nitrogen and oxygen atoms in total. The van der Waals surface area contributed by atoms with Gasteiger partial charge in [-0.25, -0.2) is 0 Å². The number of hydrogen-bond donors (Lipinski definition) is 1. The third kappa shape index (κ3) is 4.48. The lowest BCUT2D eigenvalue weighted by Gasteiger charge is -2.15. The molecule has 1 aromatic heterocycles. The summed E-state index contributed by atoms with van der Waals surface area (Å²) in [4.78, 5) is 0. The van der Waals surface area contributed by atoms with Gasteiger partial charge in [0.25, 0.3) is 0 Å². The Morgan fingerprint density at radius 1 is 1.26 bits per heavy atom. The lowest BCUT2D eigenvalue weighted by molar-refractivity contribution is 0.520. The molecule has 0 saturated heterocycles. The maximum atomic E-state index is 4.21. The molecule has 2 rings (SSSR count). The Morgan fingerprint density at radius 3 is 2.58 bits per heavy atom. The van der Waals surface area contributed by atoms with Gasteiger partial charge in [-0.05, 0) is 49.6 Å². The van der Waals surface area contributed by atoms with Gasteiger partial charge in [0, 0.05) is 23.8 Å². The van der Waals surface area contributed by atoms with Crippen molar-refractivity contribution in [3.05, 3.63) is 52.3 Å². The van der Waals surface area contributed by atoms with Gasteiger partial charge in [0.15, 0.2) is 0 Å². The smallest absolute Gasteiger partial charge is 0.0521 e. The quantitative estimate of drug-likeness (QED) is 0.886. The molecule has 0 saturated carbocycles. The van der Waals surface area contributed by atoms with Gasteiger partial charge in [-0.15, -0.1) is 0 Å². The normalized spacial score (nSPS) is 12.6. The van der Waals surface area contributed by atoms with E-state index in [2.05, 4.69) is 56.8 Å². The molecule has 19 heavy (non-hydrogen) atoms. The Labute approximate surface area is 123 Å². The number of aryl methyl sites for hydroxylation is 2. The fourth-order valence-corrected chi connectivity index (χ4v) is 2.46. The second-order valence-electron chi connectivity index (χ2n) is 4.88. The molecule has 0 radical (unpaired) electrons. The van der Waals surface area contributed by atoms with E-state index >= 15 is 0 Å². The minimum absolute atomic E-state index is 0.501. The van der Waals surface area contributed by atoms with E-state index in [1.54, 1.807) is 0 Å². The van der Waals surface area contributed by atoms with E-state index in [0.29, 0.717) is 6.04 Å². The van der Waals surface area contributed by atoms with Crippen LogP contribution in [0.5, 0.6) is 0 Å². The van der Waals surface area contributed by atoms with Crippen molar-refractivity contribution in [1.82, 2.24) is 15.1 Å². The molecule has 0 aliphatic heterocycles. The summed E-state index contributed by atoms with van der Waals surface area (Å²) in [5.74, 6) is 0. The number of benzene rings is 1. The van der Waals surface area contributed by atoms with Gasteiger partial charge in [0.2, 0.25) is 0 Å². The van der Waals surface area contributed by atoms with Crippen LogP contribution in [0.15, 0.2) is 41.1 Å². The molecule has 1 aromatic carbocycles. The second kappa shape index (κ2) is 6.87. The highest BCUT2D eigenvalue weighted by Crippen LogP contribution is 2.13. The highest BCUT2D eigenvalue weighted by atomic mass is 79.9. The molecule has 1 unspecified atom stereocenters. The van der Waals surface area contributed by atoms with Crippen LogP contribution in [0.1, 0.15) is 17.5 Å². The van der Waals surface area contributed by atoms with Crippen molar-refractivity contribution in [2.45, 2.75) is 25.3 Å². The van der Waals surface area contributed by atoms with Crippen molar-refractivity contribution >= 4 is 15.9 Å². The number of likely N-dealkylation sites (N-methyl/N-ethyl adjacent to an activating group) is 1. The topological polar surface area (TPSA) is 29.9 Å². The highest BCUT2D eigenvalue weighted by Gasteiger charge is 2.08. The molecule has 2 aromatic rings. The van der Waals surface area contributed by atoms with E-state index < -0.39 is 0 Å². The first kappa shape index (κ1) is 14.3. The van der Waals surface area contributed by atoms with Gasteiger partial charge in [-0.2, -0.15) is 5.10 Å². The molecule has 0 aliphatic rings. The van der Waals surface area contributed by atoms with Gasteiger partial charge in [0.1, 0.15) is 0 Å². The van der Waals surface area contributed by atoms with E-state index in [0.717, 1.165) is 23.7 Å². The second-order valence-corrected chi connectivity index (χ2v) is 5.79. The third-order valence-electron chi connectivity index (χ3n) is 3.34. The highest BCUT2D eigenvalue weighted by molar-refractivity contribution is 9.10. The number of aromatic nitrogens is 2. The van der Waals surface area contributed by atoms with E-state index in [1.165, 1.54) is 11.1 Å². The summed E-state index contributed by atoms with van der Waals surface area (Å²) >= 11 is 3.47. The zero-order valence-electron chi connectivity index (χ0n) is 11.4. The van der Waals surface area contributed by atoms with Crippen LogP contribution in [-0.4, -0.2) is 22.9 Å². The molecule has 0 bridgehead atoms. The monoisotopic (exact) mass is 321 g/mol. The van der Waals surface area contributed by atoms with Crippen LogP contribution in [0, 0.1) is 0 Å². The Kier molecular flexibility index (Phi) is 5.16. The van der Waals surface area contributed by atoms with Crippen molar-refractivity contribution < 1.29 is 0 Å². The maximum absolute atomic E-state index is 4.21. The zero-order valence-corrected chi connectivity index (χ0v) is 13.0. The SMILES string of the molecule is CNC(CCc1cnn(C)c1)Cc1ccc(Br)cc1. The van der Waals surface area contributed by atoms with Crippen LogP contribution >= 0.6 is 15.9 Å². The van der Waals surface area contributed by atoms with Gasteiger partial charge < -0.3 is 5.32 Å². The van der Waals surface area contributed by atoms with E-state index in [-0.39, 0.29) is 0 Å². The molecule has 102 valence electrons. The number of nitrogens with zero attached hydrogens (tertiary/aromatic N) is 2. The lowest BCUT2D eigenvalue weighted by Crippen LogP contribution is -2.28. The predicted octanol–water partition coefficient (Wildman–Crippen LogP) is 2.95. The maximum Gasteiger partial charge on any atom is 0.0521 e. The predicted molar refractivity (Wildman–Crippen MR) is 82.2 cm³/mol. The first-order valence-electron chi connectivity index (χ1n) is 6.56. The van der Waals surface area contributed by atoms with Crippen molar-refractivity contribution in [2.75, 3.05) is 7.05 Å². The molecule has 1 N–H and O–H groups in total. The zero-order chi connectivity index (χ0) is 13.7. The number of rotatable bonds is 6. The summed E-state index contributed by atoms with van der Waals surface area (Å²) in [7, 11) is 3.99. The van der Waals surface area contributed by atoms with E-state index in [1.807, 2.05) is 25.0 Å². The molecule has 0 spiro atoms.